The molecule has 1 heterocycles. The molecule has 1 aromatic heterocycles. The Morgan fingerprint density at radius 3 is 2.48 bits per heavy atom. The van der Waals surface area contributed by atoms with Gasteiger partial charge in [0.25, 0.3) is 0 Å². The molecule has 6 nitrogen and oxygen atoms in total. The molecule has 1 unspecified atom stereocenters. The topological polar surface area (TPSA) is 82.5 Å². The number of aromatic carboxylic acids is 1. The quantitative estimate of drug-likeness (QED) is 0.843. The summed E-state index contributed by atoms with van der Waals surface area (Å²) in [6, 6.07) is 3.09. The van der Waals surface area contributed by atoms with E-state index in [4.69, 9.17) is 5.11 Å². The summed E-state index contributed by atoms with van der Waals surface area (Å²) in [6.07, 6.45) is 2.40. The number of carbonyl (C=O) groups excluding carboxylic acids is 1. The summed E-state index contributed by atoms with van der Waals surface area (Å²) in [5.41, 5.74) is 0.756. The van der Waals surface area contributed by atoms with E-state index in [9.17, 15) is 9.59 Å². The van der Waals surface area contributed by atoms with Crippen LogP contribution in [0, 0.1) is 5.92 Å². The Kier molecular flexibility index (Phi) is 6.14. The summed E-state index contributed by atoms with van der Waals surface area (Å²) in [5.74, 6) is -0.532. The molecule has 0 saturated heterocycles. The van der Waals surface area contributed by atoms with E-state index < -0.39 is 5.97 Å². The highest BCUT2D eigenvalue weighted by molar-refractivity contribution is 5.85. The third-order valence-electron chi connectivity index (χ3n) is 3.28. The maximum Gasteiger partial charge on any atom is 0.354 e. The zero-order chi connectivity index (χ0) is 16.0. The van der Waals surface area contributed by atoms with Crippen molar-refractivity contribution in [2.24, 2.45) is 5.92 Å². The molecule has 0 spiro atoms. The molecule has 0 saturated carbocycles. The van der Waals surface area contributed by atoms with Gasteiger partial charge in [-0.2, -0.15) is 0 Å². The van der Waals surface area contributed by atoms with E-state index in [1.807, 2.05) is 6.92 Å². The summed E-state index contributed by atoms with van der Waals surface area (Å²) in [5, 5.41) is 11.6. The third-order valence-corrected chi connectivity index (χ3v) is 3.28. The lowest BCUT2D eigenvalue weighted by Gasteiger charge is -2.26. The molecule has 116 valence electrons. The molecule has 0 aliphatic carbocycles. The van der Waals surface area contributed by atoms with Crippen molar-refractivity contribution in [1.82, 2.24) is 15.2 Å². The predicted octanol–water partition coefficient (Wildman–Crippen LogP) is 2.36. The van der Waals surface area contributed by atoms with E-state index >= 15 is 0 Å². The van der Waals surface area contributed by atoms with Crippen LogP contribution in [0.4, 0.5) is 4.79 Å². The van der Waals surface area contributed by atoms with Crippen LogP contribution in [0.1, 0.15) is 43.2 Å². The SMILES string of the molecule is CC(C)CC(C)N(C)C(=O)NCc1ccc(C(=O)O)nc1. The number of nitrogens with one attached hydrogen (secondary N) is 1. The molecule has 2 N–H and O–H groups in total. The van der Waals surface area contributed by atoms with Gasteiger partial charge in [-0.1, -0.05) is 19.9 Å². The van der Waals surface area contributed by atoms with Crippen LogP contribution in [0.2, 0.25) is 0 Å². The zero-order valence-electron chi connectivity index (χ0n) is 13.0. The molecule has 2 amide bonds. The van der Waals surface area contributed by atoms with E-state index in [1.165, 1.54) is 12.3 Å². The number of carbonyl (C=O) groups is 2. The van der Waals surface area contributed by atoms with Crippen molar-refractivity contribution in [3.8, 4) is 0 Å². The van der Waals surface area contributed by atoms with Crippen molar-refractivity contribution in [2.75, 3.05) is 7.05 Å². The molecule has 6 heteroatoms. The van der Waals surface area contributed by atoms with Crippen LogP contribution >= 0.6 is 0 Å². The number of carboxylic acid groups (broad SMARTS) is 1. The maximum atomic E-state index is 12.0. The molecule has 1 aromatic rings. The first kappa shape index (κ1) is 16.9. The van der Waals surface area contributed by atoms with Crippen LogP contribution in [0.25, 0.3) is 0 Å². The van der Waals surface area contributed by atoms with Gasteiger partial charge in [0, 0.05) is 25.8 Å². The molecular weight excluding hydrogens is 270 g/mol. The number of nitrogens with zero attached hydrogens (tertiary/aromatic N) is 2. The highest BCUT2D eigenvalue weighted by Gasteiger charge is 2.16. The van der Waals surface area contributed by atoms with Crippen LogP contribution in [-0.2, 0) is 6.54 Å². The van der Waals surface area contributed by atoms with Crippen molar-refractivity contribution in [1.29, 1.82) is 0 Å². The van der Waals surface area contributed by atoms with Crippen molar-refractivity contribution in [3.05, 3.63) is 29.6 Å². The molecule has 0 fully saturated rings. The van der Waals surface area contributed by atoms with Gasteiger partial charge in [-0.15, -0.1) is 0 Å². The van der Waals surface area contributed by atoms with Gasteiger partial charge in [-0.05, 0) is 30.9 Å². The fourth-order valence-corrected chi connectivity index (χ4v) is 2.00. The van der Waals surface area contributed by atoms with Crippen molar-refractivity contribution >= 4 is 12.0 Å². The molecule has 0 aliphatic heterocycles. The molecule has 1 atom stereocenters. The lowest BCUT2D eigenvalue weighted by atomic mass is 10.0. The number of amides is 2. The van der Waals surface area contributed by atoms with Gasteiger partial charge in [0.15, 0.2) is 0 Å². The van der Waals surface area contributed by atoms with Gasteiger partial charge in [-0.25, -0.2) is 14.6 Å². The van der Waals surface area contributed by atoms with Gasteiger partial charge < -0.3 is 15.3 Å². The lowest BCUT2D eigenvalue weighted by molar-refractivity contribution is 0.0690. The van der Waals surface area contributed by atoms with E-state index in [0.29, 0.717) is 12.5 Å². The Balaban J connectivity index is 2.50. The lowest BCUT2D eigenvalue weighted by Crippen LogP contribution is -2.42. The summed E-state index contributed by atoms with van der Waals surface area (Å²) >= 11 is 0. The highest BCUT2D eigenvalue weighted by atomic mass is 16.4. The number of carboxylic acids is 1. The fraction of sp³-hybridized carbons (Fsp3) is 0.533. The van der Waals surface area contributed by atoms with Gasteiger partial charge in [0.05, 0.1) is 0 Å². The number of pyridine rings is 1. The molecular formula is C15H23N3O3. The Labute approximate surface area is 125 Å². The smallest absolute Gasteiger partial charge is 0.354 e. The summed E-state index contributed by atoms with van der Waals surface area (Å²) < 4.78 is 0. The molecule has 1 rings (SSSR count). The normalized spacial score (nSPS) is 12.0. The first-order chi connectivity index (χ1) is 9.81. The van der Waals surface area contributed by atoms with E-state index in [0.717, 1.165) is 12.0 Å². The number of hydrogen-bond donors (Lipinski definition) is 2. The fourth-order valence-electron chi connectivity index (χ4n) is 2.00. The van der Waals surface area contributed by atoms with E-state index in [1.54, 1.807) is 18.0 Å². The number of hydrogen-bond acceptors (Lipinski definition) is 3. The average Bonchev–Trinajstić information content (AvgIpc) is 2.43. The Morgan fingerprint density at radius 1 is 1.33 bits per heavy atom. The predicted molar refractivity (Wildman–Crippen MR) is 80.1 cm³/mol. The summed E-state index contributed by atoms with van der Waals surface area (Å²) in [4.78, 5) is 28.2. The number of rotatable bonds is 6. The van der Waals surface area contributed by atoms with E-state index in [-0.39, 0.29) is 17.8 Å². The van der Waals surface area contributed by atoms with Crippen molar-refractivity contribution in [2.45, 2.75) is 39.8 Å². The highest BCUT2D eigenvalue weighted by Crippen LogP contribution is 2.09. The largest absolute Gasteiger partial charge is 0.477 e. The molecule has 0 radical (unpaired) electrons. The molecule has 0 aliphatic rings. The molecule has 0 bridgehead atoms. The molecule has 0 aromatic carbocycles. The van der Waals surface area contributed by atoms with Gasteiger partial charge >= 0.3 is 12.0 Å². The minimum Gasteiger partial charge on any atom is -0.477 e. The second-order valence-corrected chi connectivity index (χ2v) is 5.61. The average molecular weight is 293 g/mol. The van der Waals surface area contributed by atoms with Crippen LogP contribution in [-0.4, -0.2) is 40.1 Å². The summed E-state index contributed by atoms with van der Waals surface area (Å²) in [6.45, 7) is 6.59. The van der Waals surface area contributed by atoms with Crippen LogP contribution < -0.4 is 5.32 Å². The standard InChI is InChI=1S/C15H23N3O3/c1-10(2)7-11(3)18(4)15(21)17-9-12-5-6-13(14(19)20)16-8-12/h5-6,8,10-11H,7,9H2,1-4H3,(H,17,21)(H,19,20). The minimum atomic E-state index is -1.06. The third kappa shape index (κ3) is 5.41. The second kappa shape index (κ2) is 7.61. The maximum absolute atomic E-state index is 12.0. The first-order valence-electron chi connectivity index (χ1n) is 7.00. The molecule has 21 heavy (non-hydrogen) atoms. The monoisotopic (exact) mass is 293 g/mol. The number of aromatic nitrogens is 1. The Morgan fingerprint density at radius 2 is 2.00 bits per heavy atom. The number of urea groups is 1. The minimum absolute atomic E-state index is 0.00671. The zero-order valence-corrected chi connectivity index (χ0v) is 13.0. The van der Waals surface area contributed by atoms with Crippen LogP contribution in [0.15, 0.2) is 18.3 Å². The van der Waals surface area contributed by atoms with E-state index in [2.05, 4.69) is 24.1 Å². The van der Waals surface area contributed by atoms with Crippen molar-refractivity contribution in [3.63, 3.8) is 0 Å². The van der Waals surface area contributed by atoms with Crippen LogP contribution in [0.5, 0.6) is 0 Å². The Bertz CT molecular complexity index is 485. The van der Waals surface area contributed by atoms with Crippen molar-refractivity contribution < 1.29 is 14.7 Å². The van der Waals surface area contributed by atoms with Gasteiger partial charge in [0.1, 0.15) is 5.69 Å². The first-order valence-corrected chi connectivity index (χ1v) is 7.00. The van der Waals surface area contributed by atoms with Gasteiger partial charge in [0.2, 0.25) is 0 Å². The second-order valence-electron chi connectivity index (χ2n) is 5.61. The summed E-state index contributed by atoms with van der Waals surface area (Å²) in [7, 11) is 1.77. The Hall–Kier alpha value is -2.11. The van der Waals surface area contributed by atoms with Gasteiger partial charge in [-0.3, -0.25) is 0 Å². The van der Waals surface area contributed by atoms with Crippen LogP contribution in [0.3, 0.4) is 0 Å².